The Balaban J connectivity index is 1.68. The smallest absolute Gasteiger partial charge is 0.255 e. The lowest BCUT2D eigenvalue weighted by Gasteiger charge is -2.11. The van der Waals surface area contributed by atoms with E-state index in [1.54, 1.807) is 14.0 Å². The van der Waals surface area contributed by atoms with Gasteiger partial charge in [0, 0.05) is 24.5 Å². The van der Waals surface area contributed by atoms with E-state index in [0.717, 1.165) is 3.97 Å². The Morgan fingerprint density at radius 2 is 2.17 bits per heavy atom. The number of anilines is 1. The van der Waals surface area contributed by atoms with Crippen LogP contribution in [0.25, 0.3) is 11.2 Å². The average Bonchev–Trinajstić information content (AvgIpc) is 3.48. The molecule has 3 N–H and O–H groups in total. The van der Waals surface area contributed by atoms with Gasteiger partial charge in [-0.25, -0.2) is 23.3 Å². The van der Waals surface area contributed by atoms with E-state index < -0.39 is 17.8 Å². The van der Waals surface area contributed by atoms with Crippen LogP contribution in [0.15, 0.2) is 41.3 Å². The molecular formula is C22H18F2N8O2S. The van der Waals surface area contributed by atoms with E-state index in [0.29, 0.717) is 16.9 Å². The summed E-state index contributed by atoms with van der Waals surface area (Å²) in [6.07, 6.45) is 3.94. The molecule has 13 heteroatoms. The van der Waals surface area contributed by atoms with E-state index >= 15 is 0 Å². The van der Waals surface area contributed by atoms with Crippen LogP contribution in [0.2, 0.25) is 0 Å². The molecule has 35 heavy (non-hydrogen) atoms. The summed E-state index contributed by atoms with van der Waals surface area (Å²) in [4.78, 5) is 25.8. The van der Waals surface area contributed by atoms with Crippen molar-refractivity contribution in [3.8, 4) is 6.07 Å². The average molecular weight is 497 g/mol. The quantitative estimate of drug-likeness (QED) is 0.311. The third kappa shape index (κ3) is 4.69. The van der Waals surface area contributed by atoms with Crippen molar-refractivity contribution in [2.45, 2.75) is 19.4 Å². The summed E-state index contributed by atoms with van der Waals surface area (Å²) >= 11 is -0.154. The molecule has 10 nitrogen and oxygen atoms in total. The first-order valence-electron chi connectivity index (χ1n) is 10.2. The topological polar surface area (TPSA) is 146 Å². The number of amides is 1. The lowest BCUT2D eigenvalue weighted by Crippen LogP contribution is -2.27. The third-order valence-electron chi connectivity index (χ3n) is 5.11. The highest BCUT2D eigenvalue weighted by atomic mass is 32.2. The first-order chi connectivity index (χ1) is 16.9. The van der Waals surface area contributed by atoms with Crippen LogP contribution in [-0.4, -0.2) is 37.6 Å². The number of fused-ring (bicyclic) bond motifs is 1. The number of halogens is 2. The van der Waals surface area contributed by atoms with Crippen LogP contribution in [0.3, 0.4) is 0 Å². The van der Waals surface area contributed by atoms with Crippen LogP contribution in [0.4, 0.5) is 14.0 Å². The number of oxazole rings is 1. The molecule has 4 rings (SSSR count). The molecule has 0 aliphatic heterocycles. The minimum absolute atomic E-state index is 0.0240. The summed E-state index contributed by atoms with van der Waals surface area (Å²) in [5.74, 6) is -0.856. The Labute approximate surface area is 202 Å². The predicted octanol–water partition coefficient (Wildman–Crippen LogP) is 3.95. The van der Waals surface area contributed by atoms with E-state index in [2.05, 4.69) is 25.6 Å². The molecule has 0 saturated carbocycles. The fourth-order valence-electron chi connectivity index (χ4n) is 3.40. The van der Waals surface area contributed by atoms with Crippen molar-refractivity contribution in [1.82, 2.24) is 24.2 Å². The van der Waals surface area contributed by atoms with Crippen LogP contribution >= 0.6 is 12.3 Å². The summed E-state index contributed by atoms with van der Waals surface area (Å²) < 4.78 is 33.5. The van der Waals surface area contributed by atoms with Crippen molar-refractivity contribution in [2.75, 3.05) is 12.4 Å². The molecule has 1 atom stereocenters. The van der Waals surface area contributed by atoms with E-state index in [1.807, 2.05) is 6.07 Å². The Kier molecular flexibility index (Phi) is 6.74. The monoisotopic (exact) mass is 496 g/mol. The fraction of sp³-hybridized carbons (Fsp3) is 0.182. The van der Waals surface area contributed by atoms with E-state index in [4.69, 9.17) is 15.1 Å². The molecule has 1 amide bonds. The van der Waals surface area contributed by atoms with Crippen molar-refractivity contribution in [2.24, 2.45) is 0 Å². The van der Waals surface area contributed by atoms with Gasteiger partial charge in [-0.05, 0) is 25.1 Å². The second kappa shape index (κ2) is 9.90. The molecule has 0 aliphatic carbocycles. The van der Waals surface area contributed by atoms with Crippen LogP contribution < -0.4 is 10.6 Å². The van der Waals surface area contributed by atoms with Gasteiger partial charge in [-0.2, -0.15) is 5.26 Å². The van der Waals surface area contributed by atoms with Gasteiger partial charge in [-0.1, -0.05) is 0 Å². The van der Waals surface area contributed by atoms with Crippen molar-refractivity contribution in [3.05, 3.63) is 71.1 Å². The van der Waals surface area contributed by atoms with E-state index in [9.17, 15) is 13.1 Å². The Hall–Kier alpha value is -4.31. The zero-order valence-electron chi connectivity index (χ0n) is 18.5. The van der Waals surface area contributed by atoms with Crippen molar-refractivity contribution in [3.63, 3.8) is 0 Å². The minimum Gasteiger partial charge on any atom is -0.446 e. The molecule has 0 unspecified atom stereocenters. The van der Waals surface area contributed by atoms with Crippen molar-refractivity contribution in [1.29, 1.82) is 10.7 Å². The van der Waals surface area contributed by atoms with Gasteiger partial charge in [-0.3, -0.25) is 10.2 Å². The number of nitrogens with one attached hydrogen (secondary N) is 3. The highest BCUT2D eigenvalue weighted by Crippen LogP contribution is 2.26. The molecule has 178 valence electrons. The Bertz CT molecular complexity index is 1480. The minimum atomic E-state index is -0.654. The zero-order chi connectivity index (χ0) is 25.1. The SMILES string of the molecule is CNc1cc(F)ccc1C(=N)c1cnc2c(n1)c(C(=O)N[C@H](C)c1nc(CC#N)co1)cn2SF. The molecule has 0 bridgehead atoms. The molecule has 0 radical (unpaired) electrons. The molecule has 0 saturated heterocycles. The number of carbonyl (C=O) groups is 1. The maximum absolute atomic E-state index is 13.6. The van der Waals surface area contributed by atoms with Crippen LogP contribution in [0, 0.1) is 22.6 Å². The normalized spacial score (nSPS) is 11.7. The van der Waals surface area contributed by atoms with Gasteiger partial charge < -0.3 is 15.1 Å². The number of nitrogens with zero attached hydrogens (tertiary/aromatic N) is 5. The van der Waals surface area contributed by atoms with Gasteiger partial charge in [0.25, 0.3) is 5.91 Å². The number of nitriles is 1. The van der Waals surface area contributed by atoms with Gasteiger partial charge in [0.15, 0.2) is 18.0 Å². The standard InChI is InChI=1S/C22H18F2N8O2S/c1-11(22-30-13(5-6-25)10-34-22)29-21(33)15-9-32(35-24)20-19(15)31-17(8-28-20)18(26)14-4-3-12(23)7-16(14)27-2/h3-4,7-11,26-27H,5H2,1-2H3,(H,29,33)/t11-/m1/s1. The molecule has 3 heterocycles. The molecule has 0 fully saturated rings. The number of benzene rings is 1. The second-order valence-corrected chi connectivity index (χ2v) is 7.92. The number of hydrogen-bond donors (Lipinski definition) is 3. The fourth-order valence-corrected chi connectivity index (χ4v) is 3.75. The van der Waals surface area contributed by atoms with E-state index in [1.165, 1.54) is 36.9 Å². The van der Waals surface area contributed by atoms with Gasteiger partial charge in [-0.15, -0.1) is 3.89 Å². The Morgan fingerprint density at radius 3 is 2.89 bits per heavy atom. The van der Waals surface area contributed by atoms with Gasteiger partial charge >= 0.3 is 0 Å². The van der Waals surface area contributed by atoms with Crippen LogP contribution in [0.5, 0.6) is 0 Å². The summed E-state index contributed by atoms with van der Waals surface area (Å²) in [6, 6.07) is 5.21. The summed E-state index contributed by atoms with van der Waals surface area (Å²) in [5.41, 5.74) is 1.42. The van der Waals surface area contributed by atoms with Gasteiger partial charge in [0.2, 0.25) is 5.89 Å². The molecule has 3 aromatic heterocycles. The lowest BCUT2D eigenvalue weighted by molar-refractivity contribution is 0.0935. The largest absolute Gasteiger partial charge is 0.446 e. The molecule has 0 aliphatic rings. The first kappa shape index (κ1) is 23.8. The highest BCUT2D eigenvalue weighted by molar-refractivity contribution is 7.92. The zero-order valence-corrected chi connectivity index (χ0v) is 19.3. The molecular weight excluding hydrogens is 478 g/mol. The number of hydrogen-bond acceptors (Lipinski definition) is 9. The molecule has 4 aromatic rings. The predicted molar refractivity (Wildman–Crippen MR) is 125 cm³/mol. The third-order valence-corrected chi connectivity index (χ3v) is 5.53. The van der Waals surface area contributed by atoms with Gasteiger partial charge in [0.05, 0.1) is 35.7 Å². The van der Waals surface area contributed by atoms with Crippen molar-refractivity contribution < 1.29 is 17.5 Å². The van der Waals surface area contributed by atoms with Crippen molar-refractivity contribution >= 4 is 40.8 Å². The maximum atomic E-state index is 13.6. The number of carbonyl (C=O) groups excluding carboxylic acids is 1. The lowest BCUT2D eigenvalue weighted by atomic mass is 10.1. The molecule has 0 spiro atoms. The summed E-state index contributed by atoms with van der Waals surface area (Å²) in [6.45, 7) is 1.64. The Morgan fingerprint density at radius 1 is 1.37 bits per heavy atom. The summed E-state index contributed by atoms with van der Waals surface area (Å²) in [7, 11) is 1.60. The summed E-state index contributed by atoms with van der Waals surface area (Å²) in [5, 5.41) is 22.9. The van der Waals surface area contributed by atoms with Crippen LogP contribution in [0.1, 0.15) is 46.2 Å². The highest BCUT2D eigenvalue weighted by Gasteiger charge is 2.23. The molecule has 1 aromatic carbocycles. The first-order valence-corrected chi connectivity index (χ1v) is 10.9. The van der Waals surface area contributed by atoms with Crippen LogP contribution in [-0.2, 0) is 6.42 Å². The van der Waals surface area contributed by atoms with Gasteiger partial charge in [0.1, 0.15) is 29.3 Å². The second-order valence-electron chi connectivity index (χ2n) is 7.39. The number of aromatic nitrogens is 4. The van der Waals surface area contributed by atoms with E-state index in [-0.39, 0.29) is 52.8 Å². The maximum Gasteiger partial charge on any atom is 0.255 e. The number of rotatable bonds is 8.